The first-order chi connectivity index (χ1) is 4.04. The third kappa shape index (κ3) is 4.11. The van der Waals surface area contributed by atoms with E-state index >= 15 is 0 Å². The van der Waals surface area contributed by atoms with Crippen LogP contribution in [-0.2, 0) is 0 Å². The fourth-order valence-electron chi connectivity index (χ4n) is 0.321. The fraction of sp³-hybridized carbons (Fsp3) is 0.600. The standard InChI is InChI=1S/C5H10O4/c1-3(5(8)9)2-4(6)7/h2,4-9H,1H3. The summed E-state index contributed by atoms with van der Waals surface area (Å²) in [5.41, 5.74) is 0.116. The molecule has 0 rings (SSSR count). The highest BCUT2D eigenvalue weighted by molar-refractivity contribution is 5.01. The van der Waals surface area contributed by atoms with Gasteiger partial charge in [-0.05, 0) is 18.6 Å². The van der Waals surface area contributed by atoms with Crippen LogP contribution in [0.2, 0.25) is 0 Å². The first-order valence-electron chi connectivity index (χ1n) is 2.44. The third-order valence-corrected chi connectivity index (χ3v) is 0.819. The summed E-state index contributed by atoms with van der Waals surface area (Å²) in [6.07, 6.45) is -2.29. The quantitative estimate of drug-likeness (QED) is 0.275. The predicted molar refractivity (Wildman–Crippen MR) is 30.2 cm³/mol. The molecule has 0 saturated heterocycles. The highest BCUT2D eigenvalue weighted by Crippen LogP contribution is 1.97. The van der Waals surface area contributed by atoms with Crippen molar-refractivity contribution in [3.63, 3.8) is 0 Å². The minimum absolute atomic E-state index is 0.116. The molecule has 0 spiro atoms. The van der Waals surface area contributed by atoms with Crippen LogP contribution in [-0.4, -0.2) is 33.0 Å². The molecule has 4 N–H and O–H groups in total. The molecule has 4 heteroatoms. The Morgan fingerprint density at radius 1 is 1.22 bits per heavy atom. The molecule has 0 aromatic carbocycles. The van der Waals surface area contributed by atoms with Crippen molar-refractivity contribution < 1.29 is 20.4 Å². The van der Waals surface area contributed by atoms with Gasteiger partial charge in [0.2, 0.25) is 0 Å². The molecule has 9 heavy (non-hydrogen) atoms. The Morgan fingerprint density at radius 2 is 1.67 bits per heavy atom. The smallest absolute Gasteiger partial charge is 0.174 e. The first kappa shape index (κ1) is 8.58. The molecule has 4 nitrogen and oxygen atoms in total. The monoisotopic (exact) mass is 134 g/mol. The summed E-state index contributed by atoms with van der Waals surface area (Å²) in [4.78, 5) is 0. The Morgan fingerprint density at radius 3 is 1.78 bits per heavy atom. The molecule has 0 radical (unpaired) electrons. The third-order valence-electron chi connectivity index (χ3n) is 0.819. The van der Waals surface area contributed by atoms with E-state index in [2.05, 4.69) is 0 Å². The van der Waals surface area contributed by atoms with Gasteiger partial charge < -0.3 is 20.4 Å². The Hall–Kier alpha value is -0.420. The van der Waals surface area contributed by atoms with Crippen LogP contribution in [0.4, 0.5) is 0 Å². The van der Waals surface area contributed by atoms with Gasteiger partial charge in [0, 0.05) is 0 Å². The summed E-state index contributed by atoms with van der Waals surface area (Å²) >= 11 is 0. The van der Waals surface area contributed by atoms with Crippen molar-refractivity contribution in [2.45, 2.75) is 19.5 Å². The summed E-state index contributed by atoms with van der Waals surface area (Å²) in [5.74, 6) is 0. The van der Waals surface area contributed by atoms with E-state index < -0.39 is 12.6 Å². The van der Waals surface area contributed by atoms with Gasteiger partial charge in [0.05, 0.1) is 0 Å². The highest BCUT2D eigenvalue weighted by Gasteiger charge is 2.00. The molecule has 0 amide bonds. The van der Waals surface area contributed by atoms with Crippen molar-refractivity contribution >= 4 is 0 Å². The molecular formula is C5H10O4. The average molecular weight is 134 g/mol. The molecule has 0 atom stereocenters. The van der Waals surface area contributed by atoms with Crippen LogP contribution in [0.1, 0.15) is 6.92 Å². The van der Waals surface area contributed by atoms with E-state index in [-0.39, 0.29) is 5.57 Å². The lowest BCUT2D eigenvalue weighted by Gasteiger charge is -2.03. The zero-order chi connectivity index (χ0) is 7.44. The lowest BCUT2D eigenvalue weighted by atomic mass is 10.3. The molecule has 0 aliphatic carbocycles. The van der Waals surface area contributed by atoms with Gasteiger partial charge in [-0.2, -0.15) is 0 Å². The van der Waals surface area contributed by atoms with Crippen molar-refractivity contribution in [3.8, 4) is 0 Å². The fourth-order valence-corrected chi connectivity index (χ4v) is 0.321. The van der Waals surface area contributed by atoms with E-state index in [1.54, 1.807) is 0 Å². The van der Waals surface area contributed by atoms with Gasteiger partial charge >= 0.3 is 0 Å². The van der Waals surface area contributed by atoms with Crippen LogP contribution in [0.5, 0.6) is 0 Å². The second-order valence-electron chi connectivity index (χ2n) is 1.70. The molecule has 0 fully saturated rings. The topological polar surface area (TPSA) is 80.9 Å². The summed E-state index contributed by atoms with van der Waals surface area (Å²) in [7, 11) is 0. The van der Waals surface area contributed by atoms with Crippen molar-refractivity contribution in [2.75, 3.05) is 0 Å². The lowest BCUT2D eigenvalue weighted by Crippen LogP contribution is -2.09. The summed E-state index contributed by atoms with van der Waals surface area (Å²) in [6, 6.07) is 0. The second-order valence-corrected chi connectivity index (χ2v) is 1.70. The van der Waals surface area contributed by atoms with E-state index in [0.29, 0.717) is 0 Å². The van der Waals surface area contributed by atoms with Gasteiger partial charge in [0.25, 0.3) is 0 Å². The number of aliphatic hydroxyl groups excluding tert-OH is 2. The van der Waals surface area contributed by atoms with E-state index in [1.165, 1.54) is 6.92 Å². The van der Waals surface area contributed by atoms with Gasteiger partial charge in [-0.1, -0.05) is 0 Å². The molecule has 0 unspecified atom stereocenters. The summed E-state index contributed by atoms with van der Waals surface area (Å²) in [5, 5.41) is 33.1. The predicted octanol–water partition coefficient (Wildman–Crippen LogP) is -1.45. The molecule has 0 aliphatic rings. The normalized spacial score (nSPS) is 13.4. The zero-order valence-electron chi connectivity index (χ0n) is 5.02. The summed E-state index contributed by atoms with van der Waals surface area (Å²) in [6.45, 7) is 1.38. The lowest BCUT2D eigenvalue weighted by molar-refractivity contribution is -0.0205. The Labute approximate surface area is 52.7 Å². The van der Waals surface area contributed by atoms with Crippen LogP contribution in [0.15, 0.2) is 11.6 Å². The Kier molecular flexibility index (Phi) is 3.41. The van der Waals surface area contributed by atoms with Gasteiger partial charge in [0.15, 0.2) is 12.6 Å². The molecule has 54 valence electrons. The molecule has 0 heterocycles. The molecule has 0 bridgehead atoms. The number of rotatable bonds is 2. The van der Waals surface area contributed by atoms with Gasteiger partial charge in [0.1, 0.15) is 0 Å². The van der Waals surface area contributed by atoms with Gasteiger partial charge in [-0.3, -0.25) is 0 Å². The Bertz CT molecular complexity index is 106. The van der Waals surface area contributed by atoms with Crippen LogP contribution in [0.25, 0.3) is 0 Å². The second kappa shape index (κ2) is 3.58. The van der Waals surface area contributed by atoms with E-state index in [0.717, 1.165) is 6.08 Å². The van der Waals surface area contributed by atoms with Crippen LogP contribution < -0.4 is 0 Å². The average Bonchev–Trinajstić information content (AvgIpc) is 1.63. The minimum atomic E-state index is -1.62. The van der Waals surface area contributed by atoms with Crippen molar-refractivity contribution in [1.29, 1.82) is 0 Å². The van der Waals surface area contributed by atoms with Crippen LogP contribution >= 0.6 is 0 Å². The summed E-state index contributed by atoms with van der Waals surface area (Å²) < 4.78 is 0. The van der Waals surface area contributed by atoms with Crippen molar-refractivity contribution in [1.82, 2.24) is 0 Å². The molecule has 0 aromatic rings. The van der Waals surface area contributed by atoms with Gasteiger partial charge in [-0.15, -0.1) is 0 Å². The SMILES string of the molecule is CC(=CC(O)O)C(O)O. The Balaban J connectivity index is 3.84. The number of hydrogen-bond donors (Lipinski definition) is 4. The molecule has 0 aromatic heterocycles. The molecule has 0 saturated carbocycles. The maximum atomic E-state index is 8.33. The maximum Gasteiger partial charge on any atom is 0.174 e. The molecule has 0 aliphatic heterocycles. The van der Waals surface area contributed by atoms with E-state index in [1.807, 2.05) is 0 Å². The number of hydrogen-bond acceptors (Lipinski definition) is 4. The first-order valence-corrected chi connectivity index (χ1v) is 2.44. The largest absolute Gasteiger partial charge is 0.365 e. The zero-order valence-corrected chi connectivity index (χ0v) is 5.02. The van der Waals surface area contributed by atoms with Gasteiger partial charge in [-0.25, -0.2) is 0 Å². The highest BCUT2D eigenvalue weighted by atomic mass is 16.5. The van der Waals surface area contributed by atoms with E-state index in [4.69, 9.17) is 20.4 Å². The maximum absolute atomic E-state index is 8.33. The van der Waals surface area contributed by atoms with Crippen molar-refractivity contribution in [2.24, 2.45) is 0 Å². The van der Waals surface area contributed by atoms with E-state index in [9.17, 15) is 0 Å². The minimum Gasteiger partial charge on any atom is -0.365 e. The number of aliphatic hydroxyl groups is 4. The van der Waals surface area contributed by atoms with Crippen LogP contribution in [0.3, 0.4) is 0 Å². The molecular weight excluding hydrogens is 124 g/mol. The van der Waals surface area contributed by atoms with Crippen molar-refractivity contribution in [3.05, 3.63) is 11.6 Å². The van der Waals surface area contributed by atoms with Crippen LogP contribution in [0, 0.1) is 0 Å².